The molecule has 1 aromatic rings. The Morgan fingerprint density at radius 2 is 1.88 bits per heavy atom. The molecule has 1 aliphatic rings. The minimum absolute atomic E-state index is 0.0173. The van der Waals surface area contributed by atoms with Crippen molar-refractivity contribution >= 4 is 17.6 Å². The smallest absolute Gasteiger partial charge is 0.356 e. The van der Waals surface area contributed by atoms with E-state index in [1.54, 1.807) is 4.90 Å². The van der Waals surface area contributed by atoms with Crippen LogP contribution in [0.3, 0.4) is 0 Å². The van der Waals surface area contributed by atoms with Crippen LogP contribution in [0, 0.1) is 11.8 Å². The Labute approximate surface area is 150 Å². The van der Waals surface area contributed by atoms with Crippen LogP contribution in [-0.4, -0.2) is 36.5 Å². The van der Waals surface area contributed by atoms with E-state index in [2.05, 4.69) is 10.6 Å². The number of urea groups is 1. The molecule has 0 saturated carbocycles. The lowest BCUT2D eigenvalue weighted by molar-refractivity contribution is -0.137. The SMILES string of the molecule is CC(C)C(=O)NCC1CCCN(C(=O)Nc2ccc(C(F)(F)F)cc2)C1. The molecule has 8 heteroatoms. The first kappa shape index (κ1) is 20.1. The second-order valence-electron chi connectivity index (χ2n) is 6.86. The topological polar surface area (TPSA) is 61.4 Å². The number of amides is 3. The molecule has 26 heavy (non-hydrogen) atoms. The first-order chi connectivity index (χ1) is 12.2. The number of halogens is 3. The number of hydrogen-bond donors (Lipinski definition) is 2. The van der Waals surface area contributed by atoms with Gasteiger partial charge in [-0.15, -0.1) is 0 Å². The number of carbonyl (C=O) groups excluding carboxylic acids is 2. The Balaban J connectivity index is 1.87. The highest BCUT2D eigenvalue weighted by atomic mass is 19.4. The minimum Gasteiger partial charge on any atom is -0.356 e. The Bertz CT molecular complexity index is 630. The lowest BCUT2D eigenvalue weighted by atomic mass is 9.98. The van der Waals surface area contributed by atoms with Crippen LogP contribution in [0.1, 0.15) is 32.3 Å². The van der Waals surface area contributed by atoms with E-state index in [1.165, 1.54) is 12.1 Å². The highest BCUT2D eigenvalue weighted by molar-refractivity contribution is 5.89. The van der Waals surface area contributed by atoms with Gasteiger partial charge < -0.3 is 15.5 Å². The maximum absolute atomic E-state index is 12.6. The number of hydrogen-bond acceptors (Lipinski definition) is 2. The van der Waals surface area contributed by atoms with Crippen molar-refractivity contribution in [1.82, 2.24) is 10.2 Å². The molecule has 0 aliphatic carbocycles. The summed E-state index contributed by atoms with van der Waals surface area (Å²) in [5, 5.41) is 5.50. The second kappa shape index (κ2) is 8.42. The standard InChI is InChI=1S/C18H24F3N3O2/c1-12(2)16(25)22-10-13-4-3-9-24(11-13)17(26)23-15-7-5-14(6-8-15)18(19,20)21/h5-8,12-13H,3-4,9-11H2,1-2H3,(H,22,25)(H,23,26). The molecule has 1 fully saturated rings. The molecule has 5 nitrogen and oxygen atoms in total. The number of benzene rings is 1. The molecule has 2 N–H and O–H groups in total. The maximum atomic E-state index is 12.6. The number of anilines is 1. The second-order valence-corrected chi connectivity index (χ2v) is 6.86. The average Bonchev–Trinajstić information content (AvgIpc) is 2.59. The molecule has 0 radical (unpaired) electrons. The van der Waals surface area contributed by atoms with Gasteiger partial charge in [0.05, 0.1) is 5.56 Å². The quantitative estimate of drug-likeness (QED) is 0.847. The molecule has 1 saturated heterocycles. The first-order valence-electron chi connectivity index (χ1n) is 8.67. The van der Waals surface area contributed by atoms with Gasteiger partial charge >= 0.3 is 12.2 Å². The number of nitrogens with one attached hydrogen (secondary N) is 2. The van der Waals surface area contributed by atoms with Crippen molar-refractivity contribution in [3.8, 4) is 0 Å². The Morgan fingerprint density at radius 1 is 1.23 bits per heavy atom. The van der Waals surface area contributed by atoms with Crippen molar-refractivity contribution in [1.29, 1.82) is 0 Å². The first-order valence-corrected chi connectivity index (χ1v) is 8.67. The van der Waals surface area contributed by atoms with Crippen LogP contribution < -0.4 is 10.6 Å². The van der Waals surface area contributed by atoms with Crippen LogP contribution in [0.2, 0.25) is 0 Å². The van der Waals surface area contributed by atoms with Crippen molar-refractivity contribution in [2.24, 2.45) is 11.8 Å². The molecule has 2 rings (SSSR count). The van der Waals surface area contributed by atoms with E-state index in [4.69, 9.17) is 0 Å². The van der Waals surface area contributed by atoms with Gasteiger partial charge in [-0.2, -0.15) is 13.2 Å². The van der Waals surface area contributed by atoms with E-state index in [0.29, 0.717) is 25.3 Å². The largest absolute Gasteiger partial charge is 0.416 e. The monoisotopic (exact) mass is 371 g/mol. The molecule has 1 aliphatic heterocycles. The summed E-state index contributed by atoms with van der Waals surface area (Å²) in [5.74, 6) is 0.0683. The van der Waals surface area contributed by atoms with E-state index in [9.17, 15) is 22.8 Å². The number of carbonyl (C=O) groups is 2. The van der Waals surface area contributed by atoms with Crippen LogP contribution in [0.15, 0.2) is 24.3 Å². The van der Waals surface area contributed by atoms with E-state index in [-0.39, 0.29) is 23.8 Å². The van der Waals surface area contributed by atoms with Gasteiger partial charge in [0.1, 0.15) is 0 Å². The fourth-order valence-corrected chi connectivity index (χ4v) is 2.81. The number of piperidine rings is 1. The third-order valence-corrected chi connectivity index (χ3v) is 4.36. The van der Waals surface area contributed by atoms with E-state index < -0.39 is 11.7 Å². The highest BCUT2D eigenvalue weighted by Crippen LogP contribution is 2.30. The third-order valence-electron chi connectivity index (χ3n) is 4.36. The number of likely N-dealkylation sites (tertiary alicyclic amines) is 1. The van der Waals surface area contributed by atoms with Gasteiger partial charge in [0, 0.05) is 31.2 Å². The number of nitrogens with zero attached hydrogens (tertiary/aromatic N) is 1. The average molecular weight is 371 g/mol. The molecule has 3 amide bonds. The van der Waals surface area contributed by atoms with Crippen molar-refractivity contribution in [3.05, 3.63) is 29.8 Å². The van der Waals surface area contributed by atoms with Crippen LogP contribution >= 0.6 is 0 Å². The van der Waals surface area contributed by atoms with Crippen molar-refractivity contribution < 1.29 is 22.8 Å². The summed E-state index contributed by atoms with van der Waals surface area (Å²) >= 11 is 0. The third kappa shape index (κ3) is 5.64. The van der Waals surface area contributed by atoms with Gasteiger partial charge in [-0.1, -0.05) is 13.8 Å². The summed E-state index contributed by atoms with van der Waals surface area (Å²) < 4.78 is 37.7. The van der Waals surface area contributed by atoms with E-state index in [0.717, 1.165) is 25.0 Å². The summed E-state index contributed by atoms with van der Waals surface area (Å²) in [4.78, 5) is 25.6. The van der Waals surface area contributed by atoms with Crippen LogP contribution in [0.4, 0.5) is 23.7 Å². The number of rotatable bonds is 4. The molecule has 1 atom stereocenters. The molecule has 0 bridgehead atoms. The fourth-order valence-electron chi connectivity index (χ4n) is 2.81. The van der Waals surface area contributed by atoms with Gasteiger partial charge in [-0.3, -0.25) is 4.79 Å². The minimum atomic E-state index is -4.40. The van der Waals surface area contributed by atoms with Gasteiger partial charge in [0.25, 0.3) is 0 Å². The summed E-state index contributed by atoms with van der Waals surface area (Å²) in [5.41, 5.74) is -0.437. The highest BCUT2D eigenvalue weighted by Gasteiger charge is 2.30. The lowest BCUT2D eigenvalue weighted by Crippen LogP contribution is -2.45. The summed E-state index contributed by atoms with van der Waals surface area (Å²) in [6.45, 7) is 5.24. The molecule has 1 unspecified atom stereocenters. The summed E-state index contributed by atoms with van der Waals surface area (Å²) in [6, 6.07) is 4.02. The molecule has 1 aromatic carbocycles. The zero-order chi connectivity index (χ0) is 19.3. The predicted molar refractivity (Wildman–Crippen MR) is 92.6 cm³/mol. The van der Waals surface area contributed by atoms with Gasteiger partial charge in [-0.05, 0) is 43.0 Å². The van der Waals surface area contributed by atoms with E-state index in [1.807, 2.05) is 13.8 Å². The normalized spacial score (nSPS) is 17.9. The zero-order valence-corrected chi connectivity index (χ0v) is 14.9. The molecule has 1 heterocycles. The molecule has 0 spiro atoms. The Morgan fingerprint density at radius 3 is 2.46 bits per heavy atom. The Kier molecular flexibility index (Phi) is 6.50. The molecular formula is C18H24F3N3O2. The fraction of sp³-hybridized carbons (Fsp3) is 0.556. The summed E-state index contributed by atoms with van der Waals surface area (Å²) in [7, 11) is 0. The van der Waals surface area contributed by atoms with Crippen molar-refractivity contribution in [2.45, 2.75) is 32.9 Å². The van der Waals surface area contributed by atoms with Crippen molar-refractivity contribution in [2.75, 3.05) is 25.0 Å². The van der Waals surface area contributed by atoms with Gasteiger partial charge in [0.15, 0.2) is 0 Å². The predicted octanol–water partition coefficient (Wildman–Crippen LogP) is 3.72. The Hall–Kier alpha value is -2.25. The lowest BCUT2D eigenvalue weighted by Gasteiger charge is -2.33. The zero-order valence-electron chi connectivity index (χ0n) is 14.9. The van der Waals surface area contributed by atoms with Crippen LogP contribution in [-0.2, 0) is 11.0 Å². The summed E-state index contributed by atoms with van der Waals surface area (Å²) in [6.07, 6.45) is -2.66. The van der Waals surface area contributed by atoms with Crippen LogP contribution in [0.5, 0.6) is 0 Å². The van der Waals surface area contributed by atoms with E-state index >= 15 is 0 Å². The molecular weight excluding hydrogens is 347 g/mol. The molecule has 0 aromatic heterocycles. The molecule has 144 valence electrons. The van der Waals surface area contributed by atoms with Gasteiger partial charge in [-0.25, -0.2) is 4.79 Å². The number of alkyl halides is 3. The van der Waals surface area contributed by atoms with Crippen molar-refractivity contribution in [3.63, 3.8) is 0 Å². The van der Waals surface area contributed by atoms with Gasteiger partial charge in [0.2, 0.25) is 5.91 Å². The van der Waals surface area contributed by atoms with Crippen LogP contribution in [0.25, 0.3) is 0 Å². The maximum Gasteiger partial charge on any atom is 0.416 e.